The molecule has 0 aliphatic heterocycles. The van der Waals surface area contributed by atoms with Crippen LogP contribution < -0.4 is 0 Å². The maximum Gasteiger partial charge on any atom is 0.270 e. The summed E-state index contributed by atoms with van der Waals surface area (Å²) in [6.45, 7) is 0. The van der Waals surface area contributed by atoms with Gasteiger partial charge in [0, 0.05) is 29.2 Å². The second-order valence-electron chi connectivity index (χ2n) is 3.67. The lowest BCUT2D eigenvalue weighted by Crippen LogP contribution is -1.89. The summed E-state index contributed by atoms with van der Waals surface area (Å²) in [4.78, 5) is 14.7. The zero-order valence-corrected chi connectivity index (χ0v) is 11.1. The Bertz CT molecular complexity index is 577. The highest BCUT2D eigenvalue weighted by atomic mass is 35.5. The minimum atomic E-state index is -0.400. The zero-order valence-electron chi connectivity index (χ0n) is 9.51. The fourth-order valence-corrected chi connectivity index (χ4v) is 2.64. The van der Waals surface area contributed by atoms with Gasteiger partial charge in [-0.25, -0.2) is 4.98 Å². The molecular formula is C12H11ClN2O2S. The van der Waals surface area contributed by atoms with Gasteiger partial charge in [-0.2, -0.15) is 0 Å². The van der Waals surface area contributed by atoms with E-state index in [-0.39, 0.29) is 5.69 Å². The molecule has 2 aromatic rings. The van der Waals surface area contributed by atoms with Crippen LogP contribution in [0.5, 0.6) is 0 Å². The first-order chi connectivity index (χ1) is 8.70. The van der Waals surface area contributed by atoms with Crippen molar-refractivity contribution in [2.75, 3.05) is 11.6 Å². The molecule has 0 aliphatic rings. The second-order valence-corrected chi connectivity index (χ2v) is 5.17. The summed E-state index contributed by atoms with van der Waals surface area (Å²) in [5, 5.41) is 12.4. The summed E-state index contributed by atoms with van der Waals surface area (Å²) < 4.78 is 0. The van der Waals surface area contributed by atoms with E-state index in [1.807, 2.05) is 12.1 Å². The first-order valence-corrected chi connectivity index (χ1v) is 6.96. The molecule has 0 N–H and O–H groups in total. The molecule has 0 radical (unpaired) electrons. The zero-order chi connectivity index (χ0) is 13.0. The number of nitro benzene ring substituents is 1. The minimum Gasteiger partial charge on any atom is -0.258 e. The van der Waals surface area contributed by atoms with Crippen molar-refractivity contribution in [3.8, 4) is 0 Å². The van der Waals surface area contributed by atoms with Crippen LogP contribution in [0, 0.1) is 10.1 Å². The van der Waals surface area contributed by atoms with Gasteiger partial charge < -0.3 is 0 Å². The van der Waals surface area contributed by atoms with Crippen LogP contribution in [0.4, 0.5) is 5.69 Å². The van der Waals surface area contributed by atoms with Crippen molar-refractivity contribution >= 4 is 40.0 Å². The molecule has 0 saturated heterocycles. The Balaban J connectivity index is 2.24. The number of benzene rings is 1. The number of pyridine rings is 1. The van der Waals surface area contributed by atoms with E-state index in [9.17, 15) is 10.1 Å². The lowest BCUT2D eigenvalue weighted by molar-refractivity contribution is -0.384. The van der Waals surface area contributed by atoms with E-state index in [0.29, 0.717) is 5.88 Å². The van der Waals surface area contributed by atoms with Gasteiger partial charge in [-0.15, -0.1) is 23.4 Å². The molecule has 1 aromatic carbocycles. The van der Waals surface area contributed by atoms with E-state index in [4.69, 9.17) is 11.6 Å². The van der Waals surface area contributed by atoms with Gasteiger partial charge in [0.25, 0.3) is 5.69 Å². The van der Waals surface area contributed by atoms with Gasteiger partial charge in [0.2, 0.25) is 0 Å². The van der Waals surface area contributed by atoms with E-state index in [1.54, 1.807) is 17.8 Å². The molecular weight excluding hydrogens is 272 g/mol. The van der Waals surface area contributed by atoms with E-state index in [0.717, 1.165) is 28.1 Å². The molecule has 0 atom stereocenters. The maximum atomic E-state index is 10.7. The van der Waals surface area contributed by atoms with Crippen molar-refractivity contribution in [1.29, 1.82) is 0 Å². The smallest absolute Gasteiger partial charge is 0.258 e. The summed E-state index contributed by atoms with van der Waals surface area (Å²) in [7, 11) is 0. The van der Waals surface area contributed by atoms with Crippen molar-refractivity contribution in [3.63, 3.8) is 0 Å². The quantitative estimate of drug-likeness (QED) is 0.275. The highest BCUT2D eigenvalue weighted by Crippen LogP contribution is 2.23. The number of halogens is 1. The van der Waals surface area contributed by atoms with Gasteiger partial charge in [0.05, 0.1) is 15.5 Å². The van der Waals surface area contributed by atoms with E-state index in [2.05, 4.69) is 4.98 Å². The molecule has 18 heavy (non-hydrogen) atoms. The highest BCUT2D eigenvalue weighted by Gasteiger charge is 2.07. The molecule has 1 heterocycles. The van der Waals surface area contributed by atoms with Gasteiger partial charge in [0.1, 0.15) is 0 Å². The number of aromatic nitrogens is 1. The average molecular weight is 283 g/mol. The highest BCUT2D eigenvalue weighted by molar-refractivity contribution is 7.99. The number of hydrogen-bond acceptors (Lipinski definition) is 4. The van der Waals surface area contributed by atoms with Crippen LogP contribution in [0.15, 0.2) is 35.4 Å². The number of fused-ring (bicyclic) bond motifs is 1. The van der Waals surface area contributed by atoms with Crippen LogP contribution in [0.2, 0.25) is 0 Å². The third-order valence-electron chi connectivity index (χ3n) is 2.39. The topological polar surface area (TPSA) is 56.0 Å². The summed E-state index contributed by atoms with van der Waals surface area (Å²) in [5.41, 5.74) is 0.864. The molecule has 2 rings (SSSR count). The third kappa shape index (κ3) is 3.11. The second kappa shape index (κ2) is 6.02. The van der Waals surface area contributed by atoms with Crippen LogP contribution in [0.3, 0.4) is 0 Å². The van der Waals surface area contributed by atoms with Crippen LogP contribution >= 0.6 is 23.4 Å². The summed E-state index contributed by atoms with van der Waals surface area (Å²) in [6.07, 6.45) is 0.937. The predicted octanol–water partition coefficient (Wildman–Crippen LogP) is 3.86. The summed E-state index contributed by atoms with van der Waals surface area (Å²) >= 11 is 7.25. The monoisotopic (exact) mass is 282 g/mol. The maximum absolute atomic E-state index is 10.7. The Labute approximate surface area is 114 Å². The van der Waals surface area contributed by atoms with Gasteiger partial charge in [-0.1, -0.05) is 0 Å². The molecule has 94 valence electrons. The fraction of sp³-hybridized carbons (Fsp3) is 0.250. The van der Waals surface area contributed by atoms with Gasteiger partial charge in [-0.05, 0) is 24.6 Å². The van der Waals surface area contributed by atoms with Crippen molar-refractivity contribution < 1.29 is 4.92 Å². The van der Waals surface area contributed by atoms with Gasteiger partial charge in [-0.3, -0.25) is 10.1 Å². The van der Waals surface area contributed by atoms with Crippen molar-refractivity contribution in [1.82, 2.24) is 4.98 Å². The van der Waals surface area contributed by atoms with Crippen LogP contribution in [0.25, 0.3) is 10.9 Å². The molecule has 0 unspecified atom stereocenters. The number of thioether (sulfide) groups is 1. The normalized spacial score (nSPS) is 10.7. The molecule has 0 spiro atoms. The number of hydrogen-bond donors (Lipinski definition) is 0. The first-order valence-electron chi connectivity index (χ1n) is 5.44. The van der Waals surface area contributed by atoms with E-state index in [1.165, 1.54) is 12.1 Å². The number of nitro groups is 1. The summed E-state index contributed by atoms with van der Waals surface area (Å²) in [5.74, 6) is 1.57. The number of nitrogens with zero attached hydrogens (tertiary/aromatic N) is 2. The summed E-state index contributed by atoms with van der Waals surface area (Å²) in [6, 6.07) is 8.43. The minimum absolute atomic E-state index is 0.0897. The largest absolute Gasteiger partial charge is 0.270 e. The molecule has 0 saturated carbocycles. The number of alkyl halides is 1. The standard InChI is InChI=1S/C12H11ClN2O2S/c13-6-1-7-18-12-5-2-9-8-10(15(16)17)3-4-11(9)14-12/h2-5,8H,1,6-7H2. The Morgan fingerprint density at radius 3 is 2.89 bits per heavy atom. The molecule has 0 amide bonds. The lowest BCUT2D eigenvalue weighted by Gasteiger charge is -2.02. The number of rotatable bonds is 5. The van der Waals surface area contributed by atoms with Crippen molar-refractivity contribution in [3.05, 3.63) is 40.4 Å². The Morgan fingerprint density at radius 1 is 1.33 bits per heavy atom. The van der Waals surface area contributed by atoms with E-state index >= 15 is 0 Å². The SMILES string of the molecule is O=[N+]([O-])c1ccc2nc(SCCCCl)ccc2c1. The van der Waals surface area contributed by atoms with Crippen LogP contribution in [-0.4, -0.2) is 21.5 Å². The molecule has 4 nitrogen and oxygen atoms in total. The molecule has 6 heteroatoms. The van der Waals surface area contributed by atoms with Crippen LogP contribution in [-0.2, 0) is 0 Å². The van der Waals surface area contributed by atoms with Crippen LogP contribution in [0.1, 0.15) is 6.42 Å². The molecule has 0 fully saturated rings. The Kier molecular flexibility index (Phi) is 4.38. The fourth-order valence-electron chi connectivity index (χ4n) is 1.52. The molecule has 1 aromatic heterocycles. The Morgan fingerprint density at radius 2 is 2.17 bits per heavy atom. The van der Waals surface area contributed by atoms with Gasteiger partial charge in [0.15, 0.2) is 0 Å². The van der Waals surface area contributed by atoms with Gasteiger partial charge >= 0.3 is 0 Å². The van der Waals surface area contributed by atoms with E-state index < -0.39 is 4.92 Å². The first kappa shape index (κ1) is 13.1. The van der Waals surface area contributed by atoms with Crippen molar-refractivity contribution in [2.24, 2.45) is 0 Å². The molecule has 0 bridgehead atoms. The lowest BCUT2D eigenvalue weighted by atomic mass is 10.2. The Hall–Kier alpha value is -1.33. The third-order valence-corrected chi connectivity index (χ3v) is 3.67. The van der Waals surface area contributed by atoms with Crippen molar-refractivity contribution in [2.45, 2.75) is 11.4 Å². The predicted molar refractivity (Wildman–Crippen MR) is 74.5 cm³/mol. The number of non-ortho nitro benzene ring substituents is 1. The average Bonchev–Trinajstić information content (AvgIpc) is 2.38. The molecule has 0 aliphatic carbocycles.